The lowest BCUT2D eigenvalue weighted by molar-refractivity contribution is 0.105. The normalized spacial score (nSPS) is 17.6. The molecular formula is C15H13ClO2. The molecule has 2 nitrogen and oxygen atoms in total. The van der Waals surface area contributed by atoms with Crippen LogP contribution in [-0.2, 0) is 0 Å². The molecule has 2 aromatic rings. The molecule has 1 aliphatic heterocycles. The molecule has 0 amide bonds. The number of rotatable bonds is 1. The Labute approximate surface area is 111 Å². The van der Waals surface area contributed by atoms with Crippen LogP contribution in [0.25, 0.3) is 11.1 Å². The van der Waals surface area contributed by atoms with Crippen LogP contribution in [0.3, 0.4) is 0 Å². The Morgan fingerprint density at radius 1 is 1.11 bits per heavy atom. The van der Waals surface area contributed by atoms with Gasteiger partial charge in [-0.3, -0.25) is 0 Å². The molecule has 0 radical (unpaired) electrons. The summed E-state index contributed by atoms with van der Waals surface area (Å²) in [4.78, 5) is 0. The third kappa shape index (κ3) is 2.04. The SMILES string of the molecule is CC1COc2cccc(-c3ccc(Cl)cc3)c2O1. The van der Waals surface area contributed by atoms with E-state index in [1.165, 1.54) is 0 Å². The van der Waals surface area contributed by atoms with Crippen LogP contribution in [-0.4, -0.2) is 12.7 Å². The van der Waals surface area contributed by atoms with Gasteiger partial charge in [-0.15, -0.1) is 0 Å². The van der Waals surface area contributed by atoms with Gasteiger partial charge in [-0.25, -0.2) is 0 Å². The molecule has 0 aliphatic carbocycles. The molecule has 1 unspecified atom stereocenters. The average molecular weight is 261 g/mol. The number of ether oxygens (including phenoxy) is 2. The van der Waals surface area contributed by atoms with E-state index in [1.54, 1.807) is 0 Å². The number of para-hydroxylation sites is 1. The Kier molecular flexibility index (Phi) is 2.88. The smallest absolute Gasteiger partial charge is 0.169 e. The van der Waals surface area contributed by atoms with Crippen LogP contribution < -0.4 is 9.47 Å². The standard InChI is InChI=1S/C15H13ClO2/c1-10-9-17-14-4-2-3-13(15(14)18-10)11-5-7-12(16)8-6-11/h2-8,10H,9H2,1H3. The number of hydrogen-bond acceptors (Lipinski definition) is 2. The monoisotopic (exact) mass is 260 g/mol. The van der Waals surface area contributed by atoms with Crippen molar-refractivity contribution in [1.29, 1.82) is 0 Å². The van der Waals surface area contributed by atoms with Gasteiger partial charge in [-0.1, -0.05) is 35.9 Å². The minimum atomic E-state index is 0.0750. The van der Waals surface area contributed by atoms with Crippen molar-refractivity contribution in [3.05, 3.63) is 47.5 Å². The molecule has 1 atom stereocenters. The van der Waals surface area contributed by atoms with Crippen LogP contribution in [0, 0.1) is 0 Å². The van der Waals surface area contributed by atoms with Crippen LogP contribution in [0.2, 0.25) is 5.02 Å². The van der Waals surface area contributed by atoms with E-state index in [0.29, 0.717) is 6.61 Å². The van der Waals surface area contributed by atoms with Crippen molar-refractivity contribution < 1.29 is 9.47 Å². The topological polar surface area (TPSA) is 18.5 Å². The summed E-state index contributed by atoms with van der Waals surface area (Å²) in [6.45, 7) is 2.60. The van der Waals surface area contributed by atoms with E-state index in [-0.39, 0.29) is 6.10 Å². The van der Waals surface area contributed by atoms with Gasteiger partial charge in [0.2, 0.25) is 0 Å². The predicted octanol–water partition coefficient (Wildman–Crippen LogP) is 4.17. The lowest BCUT2D eigenvalue weighted by Gasteiger charge is -2.26. The molecule has 0 saturated carbocycles. The van der Waals surface area contributed by atoms with Crippen LogP contribution in [0.4, 0.5) is 0 Å². The fourth-order valence-electron chi connectivity index (χ4n) is 2.05. The maximum Gasteiger partial charge on any atom is 0.169 e. The molecule has 92 valence electrons. The first-order chi connectivity index (χ1) is 8.74. The highest BCUT2D eigenvalue weighted by Gasteiger charge is 2.20. The van der Waals surface area contributed by atoms with Crippen molar-refractivity contribution in [1.82, 2.24) is 0 Å². The van der Waals surface area contributed by atoms with Gasteiger partial charge >= 0.3 is 0 Å². The van der Waals surface area contributed by atoms with Crippen molar-refractivity contribution in [2.75, 3.05) is 6.61 Å². The summed E-state index contributed by atoms with van der Waals surface area (Å²) in [7, 11) is 0. The first-order valence-corrected chi connectivity index (χ1v) is 6.30. The summed E-state index contributed by atoms with van der Waals surface area (Å²) in [5.41, 5.74) is 2.12. The minimum Gasteiger partial charge on any atom is -0.486 e. The van der Waals surface area contributed by atoms with E-state index in [1.807, 2.05) is 49.4 Å². The van der Waals surface area contributed by atoms with E-state index in [0.717, 1.165) is 27.6 Å². The Morgan fingerprint density at radius 2 is 1.89 bits per heavy atom. The highest BCUT2D eigenvalue weighted by molar-refractivity contribution is 6.30. The highest BCUT2D eigenvalue weighted by atomic mass is 35.5. The third-order valence-electron chi connectivity index (χ3n) is 2.93. The van der Waals surface area contributed by atoms with Crippen LogP contribution >= 0.6 is 11.6 Å². The number of benzene rings is 2. The summed E-state index contributed by atoms with van der Waals surface area (Å²) < 4.78 is 11.6. The molecule has 1 aliphatic rings. The molecule has 0 saturated heterocycles. The first-order valence-electron chi connectivity index (χ1n) is 5.92. The van der Waals surface area contributed by atoms with E-state index >= 15 is 0 Å². The molecule has 0 N–H and O–H groups in total. The van der Waals surface area contributed by atoms with Crippen LogP contribution in [0.1, 0.15) is 6.92 Å². The maximum atomic E-state index is 5.91. The highest BCUT2D eigenvalue weighted by Crippen LogP contribution is 2.40. The van der Waals surface area contributed by atoms with Gasteiger partial charge < -0.3 is 9.47 Å². The second-order valence-electron chi connectivity index (χ2n) is 4.38. The van der Waals surface area contributed by atoms with Gasteiger partial charge in [0.15, 0.2) is 11.5 Å². The average Bonchev–Trinajstić information content (AvgIpc) is 2.39. The summed E-state index contributed by atoms with van der Waals surface area (Å²) in [5.74, 6) is 1.62. The quantitative estimate of drug-likeness (QED) is 0.766. The predicted molar refractivity (Wildman–Crippen MR) is 72.5 cm³/mol. The second-order valence-corrected chi connectivity index (χ2v) is 4.82. The molecule has 0 spiro atoms. The summed E-state index contributed by atoms with van der Waals surface area (Å²) in [6, 6.07) is 13.7. The zero-order chi connectivity index (χ0) is 12.5. The molecule has 3 heteroatoms. The Hall–Kier alpha value is -1.67. The third-order valence-corrected chi connectivity index (χ3v) is 3.18. The summed E-state index contributed by atoms with van der Waals surface area (Å²) >= 11 is 5.91. The summed E-state index contributed by atoms with van der Waals surface area (Å²) in [6.07, 6.45) is 0.0750. The van der Waals surface area contributed by atoms with Gasteiger partial charge in [-0.2, -0.15) is 0 Å². The number of halogens is 1. The van der Waals surface area contributed by atoms with Gasteiger partial charge in [0.25, 0.3) is 0 Å². The van der Waals surface area contributed by atoms with Crippen molar-refractivity contribution in [2.24, 2.45) is 0 Å². The molecule has 1 heterocycles. The van der Waals surface area contributed by atoms with E-state index in [2.05, 4.69) is 0 Å². The van der Waals surface area contributed by atoms with Crippen LogP contribution in [0.15, 0.2) is 42.5 Å². The van der Waals surface area contributed by atoms with Crippen molar-refractivity contribution in [2.45, 2.75) is 13.0 Å². The van der Waals surface area contributed by atoms with Crippen LogP contribution in [0.5, 0.6) is 11.5 Å². The maximum absolute atomic E-state index is 5.91. The zero-order valence-corrected chi connectivity index (χ0v) is 10.8. The molecule has 0 fully saturated rings. The molecule has 18 heavy (non-hydrogen) atoms. The fraction of sp³-hybridized carbons (Fsp3) is 0.200. The molecule has 3 rings (SSSR count). The van der Waals surface area contributed by atoms with Gasteiger partial charge in [-0.05, 0) is 30.7 Å². The van der Waals surface area contributed by atoms with E-state index in [9.17, 15) is 0 Å². The number of fused-ring (bicyclic) bond motifs is 1. The lowest BCUT2D eigenvalue weighted by atomic mass is 10.0. The van der Waals surface area contributed by atoms with Gasteiger partial charge in [0.05, 0.1) is 0 Å². The Bertz CT molecular complexity index is 563. The van der Waals surface area contributed by atoms with Gasteiger partial charge in [0.1, 0.15) is 12.7 Å². The largest absolute Gasteiger partial charge is 0.486 e. The van der Waals surface area contributed by atoms with E-state index < -0.39 is 0 Å². The summed E-state index contributed by atoms with van der Waals surface area (Å²) in [5, 5.41) is 0.731. The molecule has 0 bridgehead atoms. The lowest BCUT2D eigenvalue weighted by Crippen LogP contribution is -2.26. The Morgan fingerprint density at radius 3 is 2.67 bits per heavy atom. The molecule has 2 aromatic carbocycles. The fourth-order valence-corrected chi connectivity index (χ4v) is 2.18. The van der Waals surface area contributed by atoms with E-state index in [4.69, 9.17) is 21.1 Å². The minimum absolute atomic E-state index is 0.0750. The van der Waals surface area contributed by atoms with Crippen molar-refractivity contribution in [3.63, 3.8) is 0 Å². The first kappa shape index (κ1) is 11.4. The molecule has 0 aromatic heterocycles. The molecular weight excluding hydrogens is 248 g/mol. The number of hydrogen-bond donors (Lipinski definition) is 0. The van der Waals surface area contributed by atoms with Gasteiger partial charge in [0, 0.05) is 10.6 Å². The Balaban J connectivity index is 2.09. The second kappa shape index (κ2) is 4.54. The van der Waals surface area contributed by atoms with Crippen molar-refractivity contribution in [3.8, 4) is 22.6 Å². The zero-order valence-electron chi connectivity index (χ0n) is 10.0. The van der Waals surface area contributed by atoms with Crippen molar-refractivity contribution >= 4 is 11.6 Å².